The first-order valence-electron chi connectivity index (χ1n) is 5.53. The van der Waals surface area contributed by atoms with E-state index < -0.39 is 11.4 Å². The summed E-state index contributed by atoms with van der Waals surface area (Å²) in [6, 6.07) is 1.84. The van der Waals surface area contributed by atoms with E-state index >= 15 is 0 Å². The molecule has 0 amide bonds. The van der Waals surface area contributed by atoms with Gasteiger partial charge in [0.2, 0.25) is 0 Å². The normalized spacial score (nSPS) is 24.1. The van der Waals surface area contributed by atoms with Crippen molar-refractivity contribution in [3.8, 4) is 0 Å². The zero-order valence-corrected chi connectivity index (χ0v) is 10.7. The van der Waals surface area contributed by atoms with E-state index in [0.717, 1.165) is 11.4 Å². The molecule has 1 fully saturated rings. The molecule has 1 aromatic rings. The zero-order valence-electron chi connectivity index (χ0n) is 9.90. The molecule has 92 valence electrons. The third kappa shape index (κ3) is 2.09. The van der Waals surface area contributed by atoms with Crippen LogP contribution in [0.5, 0.6) is 0 Å². The fraction of sp³-hybridized carbons (Fsp3) is 0.500. The number of hydrogen-bond donors (Lipinski definition) is 1. The maximum atomic E-state index is 11.2. The molecule has 0 radical (unpaired) electrons. The Hall–Kier alpha value is -1.29. The molecule has 5 heteroatoms. The van der Waals surface area contributed by atoms with Gasteiger partial charge in [-0.15, -0.1) is 0 Å². The summed E-state index contributed by atoms with van der Waals surface area (Å²) in [5, 5.41) is 9.80. The molecule has 1 unspecified atom stereocenters. The summed E-state index contributed by atoms with van der Waals surface area (Å²) in [6.07, 6.45) is 2.34. The van der Waals surface area contributed by atoms with E-state index in [-0.39, 0.29) is 0 Å². The van der Waals surface area contributed by atoms with E-state index in [1.54, 1.807) is 13.1 Å². The second-order valence-electron chi connectivity index (χ2n) is 4.77. The first kappa shape index (κ1) is 12.2. The third-order valence-electron chi connectivity index (χ3n) is 3.37. The molecule has 0 aliphatic carbocycles. The van der Waals surface area contributed by atoms with Crippen LogP contribution in [-0.4, -0.2) is 29.1 Å². The standard InChI is InChI=1S/C12H15ClN2O2/c1-8-10(13)9(3-5-14-8)15-6-4-12(2,7-15)11(16)17/h3,5H,4,6-7H2,1-2H3,(H,16,17). The Morgan fingerprint density at radius 1 is 1.65 bits per heavy atom. The number of pyridine rings is 1. The van der Waals surface area contributed by atoms with Gasteiger partial charge in [-0.3, -0.25) is 9.78 Å². The number of carbonyl (C=O) groups is 1. The first-order chi connectivity index (χ1) is 7.94. The average molecular weight is 255 g/mol. The number of hydrogen-bond acceptors (Lipinski definition) is 3. The number of halogens is 1. The van der Waals surface area contributed by atoms with Crippen molar-refractivity contribution >= 4 is 23.3 Å². The highest BCUT2D eigenvalue weighted by atomic mass is 35.5. The van der Waals surface area contributed by atoms with Crippen LogP contribution in [0.3, 0.4) is 0 Å². The summed E-state index contributed by atoms with van der Waals surface area (Å²) >= 11 is 6.19. The molecule has 1 saturated heterocycles. The molecule has 2 rings (SSSR count). The van der Waals surface area contributed by atoms with Gasteiger partial charge in [-0.2, -0.15) is 0 Å². The van der Waals surface area contributed by atoms with Crippen LogP contribution < -0.4 is 4.90 Å². The molecule has 0 spiro atoms. The van der Waals surface area contributed by atoms with Gasteiger partial charge in [0.25, 0.3) is 0 Å². The SMILES string of the molecule is Cc1nccc(N2CCC(C)(C(=O)O)C2)c1Cl. The van der Waals surface area contributed by atoms with E-state index in [1.165, 1.54) is 0 Å². The molecule has 1 aliphatic heterocycles. The van der Waals surface area contributed by atoms with E-state index in [2.05, 4.69) is 4.98 Å². The van der Waals surface area contributed by atoms with Crippen molar-refractivity contribution < 1.29 is 9.90 Å². The Kier molecular flexibility index (Phi) is 3.00. The van der Waals surface area contributed by atoms with Crippen LogP contribution >= 0.6 is 11.6 Å². The van der Waals surface area contributed by atoms with Crippen LogP contribution in [0.1, 0.15) is 19.0 Å². The highest BCUT2D eigenvalue weighted by Gasteiger charge is 2.41. The number of aromatic nitrogens is 1. The van der Waals surface area contributed by atoms with Crippen molar-refractivity contribution in [1.29, 1.82) is 0 Å². The van der Waals surface area contributed by atoms with Gasteiger partial charge >= 0.3 is 5.97 Å². The molecule has 0 bridgehead atoms. The molecule has 1 aromatic heterocycles. The summed E-state index contributed by atoms with van der Waals surface area (Å²) < 4.78 is 0. The maximum Gasteiger partial charge on any atom is 0.311 e. The molecule has 2 heterocycles. The number of nitrogens with zero attached hydrogens (tertiary/aromatic N) is 2. The van der Waals surface area contributed by atoms with Crippen LogP contribution in [0.2, 0.25) is 5.02 Å². The van der Waals surface area contributed by atoms with Crippen molar-refractivity contribution in [3.05, 3.63) is 23.0 Å². The van der Waals surface area contributed by atoms with Gasteiger partial charge in [0.15, 0.2) is 0 Å². The zero-order chi connectivity index (χ0) is 12.6. The number of rotatable bonds is 2. The largest absolute Gasteiger partial charge is 0.481 e. The number of carboxylic acids is 1. The molecule has 17 heavy (non-hydrogen) atoms. The molecule has 1 aliphatic rings. The van der Waals surface area contributed by atoms with Crippen LogP contribution in [0.15, 0.2) is 12.3 Å². The lowest BCUT2D eigenvalue weighted by atomic mass is 9.90. The lowest BCUT2D eigenvalue weighted by Crippen LogP contribution is -2.31. The summed E-state index contributed by atoms with van der Waals surface area (Å²) in [5.74, 6) is -0.748. The monoisotopic (exact) mass is 254 g/mol. The van der Waals surface area contributed by atoms with Gasteiger partial charge in [0.1, 0.15) is 0 Å². The van der Waals surface area contributed by atoms with E-state index in [1.807, 2.05) is 17.9 Å². The first-order valence-corrected chi connectivity index (χ1v) is 5.91. The summed E-state index contributed by atoms with van der Waals surface area (Å²) in [6.45, 7) is 4.83. The molecule has 4 nitrogen and oxygen atoms in total. The predicted molar refractivity (Wildman–Crippen MR) is 66.6 cm³/mol. The van der Waals surface area contributed by atoms with Gasteiger partial charge < -0.3 is 10.0 Å². The second kappa shape index (κ2) is 4.18. The highest BCUT2D eigenvalue weighted by Crippen LogP contribution is 2.36. The van der Waals surface area contributed by atoms with Crippen LogP contribution in [0.4, 0.5) is 5.69 Å². The van der Waals surface area contributed by atoms with Gasteiger partial charge in [-0.05, 0) is 26.3 Å². The molecule has 1 atom stereocenters. The Morgan fingerprint density at radius 3 is 2.94 bits per heavy atom. The summed E-state index contributed by atoms with van der Waals surface area (Å²) in [7, 11) is 0. The third-order valence-corrected chi connectivity index (χ3v) is 3.84. The van der Waals surface area contributed by atoms with E-state index in [0.29, 0.717) is 24.5 Å². The van der Waals surface area contributed by atoms with Crippen molar-refractivity contribution in [2.45, 2.75) is 20.3 Å². The molecule has 1 N–H and O–H groups in total. The molecular formula is C12H15ClN2O2. The Balaban J connectivity index is 2.27. The number of aryl methyl sites for hydroxylation is 1. The minimum absolute atomic E-state index is 0.492. The van der Waals surface area contributed by atoms with Crippen molar-refractivity contribution in [2.75, 3.05) is 18.0 Å². The van der Waals surface area contributed by atoms with Gasteiger partial charge in [0.05, 0.1) is 21.8 Å². The van der Waals surface area contributed by atoms with Gasteiger partial charge in [0, 0.05) is 19.3 Å². The topological polar surface area (TPSA) is 53.4 Å². The predicted octanol–water partition coefficient (Wildman–Crippen LogP) is 2.34. The van der Waals surface area contributed by atoms with Gasteiger partial charge in [-0.1, -0.05) is 11.6 Å². The number of aliphatic carboxylic acids is 1. The lowest BCUT2D eigenvalue weighted by Gasteiger charge is -2.22. The number of carboxylic acid groups (broad SMARTS) is 1. The minimum atomic E-state index is -0.748. The quantitative estimate of drug-likeness (QED) is 0.880. The maximum absolute atomic E-state index is 11.2. The lowest BCUT2D eigenvalue weighted by molar-refractivity contribution is -0.146. The average Bonchev–Trinajstić information content (AvgIpc) is 2.66. The fourth-order valence-electron chi connectivity index (χ4n) is 2.12. The van der Waals surface area contributed by atoms with E-state index in [4.69, 9.17) is 11.6 Å². The van der Waals surface area contributed by atoms with Gasteiger partial charge in [-0.25, -0.2) is 0 Å². The Labute approximate surface area is 105 Å². The smallest absolute Gasteiger partial charge is 0.311 e. The summed E-state index contributed by atoms with van der Waals surface area (Å²) in [4.78, 5) is 17.3. The van der Waals surface area contributed by atoms with Crippen molar-refractivity contribution in [1.82, 2.24) is 4.98 Å². The van der Waals surface area contributed by atoms with Crippen LogP contribution in [-0.2, 0) is 4.79 Å². The molecule has 0 aromatic carbocycles. The van der Waals surface area contributed by atoms with Crippen molar-refractivity contribution in [3.63, 3.8) is 0 Å². The minimum Gasteiger partial charge on any atom is -0.481 e. The Bertz CT molecular complexity index is 464. The molecular weight excluding hydrogens is 240 g/mol. The Morgan fingerprint density at radius 2 is 2.35 bits per heavy atom. The van der Waals surface area contributed by atoms with Crippen LogP contribution in [0.25, 0.3) is 0 Å². The number of anilines is 1. The second-order valence-corrected chi connectivity index (χ2v) is 5.14. The molecule has 0 saturated carbocycles. The van der Waals surface area contributed by atoms with Crippen LogP contribution in [0, 0.1) is 12.3 Å². The fourth-order valence-corrected chi connectivity index (χ4v) is 2.35. The highest BCUT2D eigenvalue weighted by molar-refractivity contribution is 6.33. The van der Waals surface area contributed by atoms with Crippen molar-refractivity contribution in [2.24, 2.45) is 5.41 Å². The summed E-state index contributed by atoms with van der Waals surface area (Å²) in [5.41, 5.74) is 0.970. The van der Waals surface area contributed by atoms with E-state index in [9.17, 15) is 9.90 Å².